The molecule has 3 aromatic rings. The molecule has 150 valence electrons. The van der Waals surface area contributed by atoms with Crippen LogP contribution in [0.3, 0.4) is 0 Å². The van der Waals surface area contributed by atoms with E-state index in [-0.39, 0.29) is 24.0 Å². The van der Waals surface area contributed by atoms with Crippen molar-refractivity contribution in [2.45, 2.75) is 19.6 Å². The summed E-state index contributed by atoms with van der Waals surface area (Å²) in [7, 11) is 1.77. The minimum atomic E-state index is 0. The molecule has 0 fully saturated rings. The number of aliphatic imine (C=N–C) groups is 1. The second-order valence-corrected chi connectivity index (χ2v) is 5.96. The van der Waals surface area contributed by atoms with E-state index in [9.17, 15) is 0 Å². The number of halogens is 1. The molecule has 0 unspecified atom stereocenters. The number of ether oxygens (including phenoxy) is 1. The van der Waals surface area contributed by atoms with Crippen molar-refractivity contribution in [1.29, 1.82) is 0 Å². The minimum Gasteiger partial charge on any atom is -0.467 e. The number of hydrogen-bond acceptors (Lipinski definition) is 4. The van der Waals surface area contributed by atoms with E-state index in [0.717, 1.165) is 30.4 Å². The molecule has 0 saturated heterocycles. The van der Waals surface area contributed by atoms with Crippen molar-refractivity contribution < 1.29 is 9.15 Å². The predicted octanol–water partition coefficient (Wildman–Crippen LogP) is 3.36. The number of furan rings is 1. The SMILES string of the molecule is CN=C(NCCCOCc1ccco1)NCc1ccc(-n2cccn2)cc1.I. The predicted molar refractivity (Wildman–Crippen MR) is 120 cm³/mol. The molecule has 0 radical (unpaired) electrons. The maximum absolute atomic E-state index is 5.56. The molecule has 2 N–H and O–H groups in total. The van der Waals surface area contributed by atoms with E-state index in [1.54, 1.807) is 19.5 Å². The minimum absolute atomic E-state index is 0. The average molecular weight is 495 g/mol. The monoisotopic (exact) mass is 495 g/mol. The van der Waals surface area contributed by atoms with Gasteiger partial charge in [0.05, 0.1) is 12.0 Å². The number of benzene rings is 1. The molecule has 7 nitrogen and oxygen atoms in total. The van der Waals surface area contributed by atoms with E-state index in [0.29, 0.717) is 19.8 Å². The second-order valence-electron chi connectivity index (χ2n) is 5.96. The van der Waals surface area contributed by atoms with Gasteiger partial charge in [0.15, 0.2) is 5.96 Å². The summed E-state index contributed by atoms with van der Waals surface area (Å²) in [5.41, 5.74) is 2.22. The largest absolute Gasteiger partial charge is 0.467 e. The Morgan fingerprint density at radius 3 is 2.71 bits per heavy atom. The summed E-state index contributed by atoms with van der Waals surface area (Å²) in [6.07, 6.45) is 6.24. The van der Waals surface area contributed by atoms with Crippen LogP contribution in [0.15, 0.2) is 70.5 Å². The first-order chi connectivity index (χ1) is 13.3. The molecule has 2 aromatic heterocycles. The fourth-order valence-corrected chi connectivity index (χ4v) is 2.54. The first kappa shape index (κ1) is 22.0. The van der Waals surface area contributed by atoms with E-state index in [2.05, 4.69) is 45.0 Å². The van der Waals surface area contributed by atoms with Crippen LogP contribution in [-0.4, -0.2) is 35.9 Å². The molecule has 1 aromatic carbocycles. The third kappa shape index (κ3) is 7.01. The molecule has 0 aliphatic heterocycles. The second kappa shape index (κ2) is 12.2. The molecule has 3 rings (SSSR count). The van der Waals surface area contributed by atoms with Crippen LogP contribution in [0.4, 0.5) is 0 Å². The molecular formula is C20H26IN5O2. The topological polar surface area (TPSA) is 76.6 Å². The fraction of sp³-hybridized carbons (Fsp3) is 0.300. The van der Waals surface area contributed by atoms with Crippen molar-refractivity contribution in [1.82, 2.24) is 20.4 Å². The number of nitrogens with zero attached hydrogens (tertiary/aromatic N) is 3. The van der Waals surface area contributed by atoms with Gasteiger partial charge < -0.3 is 19.8 Å². The summed E-state index contributed by atoms with van der Waals surface area (Å²) in [5.74, 6) is 1.62. The van der Waals surface area contributed by atoms with Crippen LogP contribution in [0.25, 0.3) is 5.69 Å². The van der Waals surface area contributed by atoms with Crippen molar-refractivity contribution in [2.24, 2.45) is 4.99 Å². The Morgan fingerprint density at radius 2 is 2.04 bits per heavy atom. The van der Waals surface area contributed by atoms with E-state index >= 15 is 0 Å². The van der Waals surface area contributed by atoms with Gasteiger partial charge in [0.25, 0.3) is 0 Å². The van der Waals surface area contributed by atoms with Crippen LogP contribution >= 0.6 is 24.0 Å². The Bertz CT molecular complexity index is 802. The number of guanidine groups is 1. The summed E-state index contributed by atoms with van der Waals surface area (Å²) in [4.78, 5) is 4.24. The van der Waals surface area contributed by atoms with Gasteiger partial charge in [-0.05, 0) is 42.3 Å². The third-order valence-corrected chi connectivity index (χ3v) is 3.97. The zero-order valence-electron chi connectivity index (χ0n) is 15.9. The van der Waals surface area contributed by atoms with Gasteiger partial charge in [0.2, 0.25) is 0 Å². The molecule has 0 atom stereocenters. The Labute approximate surface area is 182 Å². The standard InChI is InChI=1S/C20H25N5O2.HI/c1-21-20(22-10-4-13-26-16-19-5-2-14-27-19)23-15-17-6-8-18(9-7-17)25-12-3-11-24-25;/h2-3,5-9,11-12,14H,4,10,13,15-16H2,1H3,(H2,21,22,23);1H. The van der Waals surface area contributed by atoms with Crippen molar-refractivity contribution in [3.05, 3.63) is 72.4 Å². The lowest BCUT2D eigenvalue weighted by atomic mass is 10.2. The highest BCUT2D eigenvalue weighted by Gasteiger charge is 2.01. The van der Waals surface area contributed by atoms with Crippen molar-refractivity contribution in [2.75, 3.05) is 20.2 Å². The van der Waals surface area contributed by atoms with Gasteiger partial charge in [-0.1, -0.05) is 12.1 Å². The molecule has 28 heavy (non-hydrogen) atoms. The van der Waals surface area contributed by atoms with E-state index in [4.69, 9.17) is 9.15 Å². The molecule has 0 aliphatic rings. The quantitative estimate of drug-likeness (QED) is 0.206. The highest BCUT2D eigenvalue weighted by Crippen LogP contribution is 2.08. The van der Waals surface area contributed by atoms with Crippen molar-refractivity contribution in [3.8, 4) is 5.69 Å². The van der Waals surface area contributed by atoms with Crippen LogP contribution in [0, 0.1) is 0 Å². The molecule has 8 heteroatoms. The van der Waals surface area contributed by atoms with Gasteiger partial charge in [0.1, 0.15) is 12.4 Å². The fourth-order valence-electron chi connectivity index (χ4n) is 2.54. The number of hydrogen-bond donors (Lipinski definition) is 2. The molecule has 0 spiro atoms. The zero-order chi connectivity index (χ0) is 18.7. The lowest BCUT2D eigenvalue weighted by Gasteiger charge is -2.12. The molecule has 0 amide bonds. The summed E-state index contributed by atoms with van der Waals surface area (Å²) in [5, 5.41) is 10.8. The molecular weight excluding hydrogens is 469 g/mol. The van der Waals surface area contributed by atoms with E-state index < -0.39 is 0 Å². The van der Waals surface area contributed by atoms with Gasteiger partial charge in [0, 0.05) is 39.1 Å². The molecule has 0 saturated carbocycles. The van der Waals surface area contributed by atoms with Crippen LogP contribution in [0.2, 0.25) is 0 Å². The van der Waals surface area contributed by atoms with E-state index in [1.807, 2.05) is 29.1 Å². The Kier molecular flexibility index (Phi) is 9.56. The van der Waals surface area contributed by atoms with Crippen LogP contribution in [-0.2, 0) is 17.9 Å². The van der Waals surface area contributed by atoms with Crippen LogP contribution in [0.1, 0.15) is 17.7 Å². The first-order valence-electron chi connectivity index (χ1n) is 8.99. The van der Waals surface area contributed by atoms with Crippen molar-refractivity contribution in [3.63, 3.8) is 0 Å². The van der Waals surface area contributed by atoms with Gasteiger partial charge in [-0.2, -0.15) is 5.10 Å². The first-order valence-corrected chi connectivity index (χ1v) is 8.99. The summed E-state index contributed by atoms with van der Waals surface area (Å²) in [6, 6.07) is 14.0. The number of aromatic nitrogens is 2. The molecule has 0 bridgehead atoms. The number of nitrogens with one attached hydrogen (secondary N) is 2. The highest BCUT2D eigenvalue weighted by atomic mass is 127. The maximum Gasteiger partial charge on any atom is 0.191 e. The van der Waals surface area contributed by atoms with Crippen LogP contribution < -0.4 is 10.6 Å². The lowest BCUT2D eigenvalue weighted by molar-refractivity contribution is 0.105. The highest BCUT2D eigenvalue weighted by molar-refractivity contribution is 14.0. The molecule has 0 aliphatic carbocycles. The van der Waals surface area contributed by atoms with Gasteiger partial charge in [-0.3, -0.25) is 4.99 Å². The zero-order valence-corrected chi connectivity index (χ0v) is 18.2. The van der Waals surface area contributed by atoms with Gasteiger partial charge in [-0.25, -0.2) is 4.68 Å². The maximum atomic E-state index is 5.56. The normalized spacial score (nSPS) is 11.1. The van der Waals surface area contributed by atoms with Crippen LogP contribution in [0.5, 0.6) is 0 Å². The number of rotatable bonds is 9. The third-order valence-electron chi connectivity index (χ3n) is 3.97. The van der Waals surface area contributed by atoms with Gasteiger partial charge in [-0.15, -0.1) is 24.0 Å². The van der Waals surface area contributed by atoms with E-state index in [1.165, 1.54) is 5.56 Å². The smallest absolute Gasteiger partial charge is 0.191 e. The Balaban J connectivity index is 0.00000280. The summed E-state index contributed by atoms with van der Waals surface area (Å²) in [6.45, 7) is 2.66. The average Bonchev–Trinajstić information content (AvgIpc) is 3.41. The molecule has 2 heterocycles. The van der Waals surface area contributed by atoms with Gasteiger partial charge >= 0.3 is 0 Å². The Morgan fingerprint density at radius 1 is 1.18 bits per heavy atom. The van der Waals surface area contributed by atoms with Crippen molar-refractivity contribution >= 4 is 29.9 Å². The summed E-state index contributed by atoms with van der Waals surface area (Å²) >= 11 is 0. The summed E-state index contributed by atoms with van der Waals surface area (Å²) < 4.78 is 12.6. The Hall–Kier alpha value is -2.33. The lowest BCUT2D eigenvalue weighted by Crippen LogP contribution is -2.37.